The van der Waals surface area contributed by atoms with Gasteiger partial charge in [-0.25, -0.2) is 0 Å². The third kappa shape index (κ3) is 6.12. The van der Waals surface area contributed by atoms with Gasteiger partial charge in [-0.3, -0.25) is 4.90 Å². The summed E-state index contributed by atoms with van der Waals surface area (Å²) < 4.78 is 7.13. The highest BCUT2D eigenvalue weighted by Crippen LogP contribution is 2.24. The van der Waals surface area contributed by atoms with E-state index in [4.69, 9.17) is 4.74 Å². The van der Waals surface area contributed by atoms with Crippen molar-refractivity contribution in [3.63, 3.8) is 0 Å². The minimum absolute atomic E-state index is 0.594. The molecule has 0 unspecified atom stereocenters. The average Bonchev–Trinajstić information content (AvgIpc) is 2.66. The molecule has 5 heteroatoms. The van der Waals surface area contributed by atoms with Gasteiger partial charge in [0.1, 0.15) is 12.4 Å². The van der Waals surface area contributed by atoms with Crippen molar-refractivity contribution in [3.05, 3.63) is 64.1 Å². The summed E-state index contributed by atoms with van der Waals surface area (Å²) in [5, 5.41) is 6.94. The van der Waals surface area contributed by atoms with Crippen LogP contribution in [0.3, 0.4) is 0 Å². The maximum atomic E-state index is 6.05. The first-order chi connectivity index (χ1) is 12.3. The summed E-state index contributed by atoms with van der Waals surface area (Å²) in [6.45, 7) is 7.98. The van der Waals surface area contributed by atoms with Crippen molar-refractivity contribution in [2.45, 2.75) is 13.2 Å². The van der Waals surface area contributed by atoms with Crippen LogP contribution >= 0.6 is 15.9 Å². The van der Waals surface area contributed by atoms with Gasteiger partial charge < -0.3 is 15.4 Å². The molecule has 2 aromatic rings. The molecule has 2 N–H and O–H groups in total. The van der Waals surface area contributed by atoms with Gasteiger partial charge in [0.2, 0.25) is 0 Å². The number of nitrogens with zero attached hydrogens (tertiary/aromatic N) is 1. The largest absolute Gasteiger partial charge is 0.489 e. The predicted octanol–water partition coefficient (Wildman–Crippen LogP) is 3.02. The summed E-state index contributed by atoms with van der Waals surface area (Å²) in [5.74, 6) is 0.946. The molecule has 134 valence electrons. The van der Waals surface area contributed by atoms with Crippen LogP contribution in [0.15, 0.2) is 53.0 Å². The summed E-state index contributed by atoms with van der Waals surface area (Å²) >= 11 is 3.57. The molecule has 1 aliphatic rings. The Morgan fingerprint density at radius 2 is 1.88 bits per heavy atom. The van der Waals surface area contributed by atoms with Crippen LogP contribution in [-0.4, -0.2) is 44.2 Å². The molecule has 1 saturated heterocycles. The Morgan fingerprint density at radius 3 is 2.68 bits per heavy atom. The van der Waals surface area contributed by atoms with Crippen LogP contribution < -0.4 is 15.4 Å². The quantitative estimate of drug-likeness (QED) is 0.664. The average molecular weight is 404 g/mol. The topological polar surface area (TPSA) is 36.5 Å². The predicted molar refractivity (Wildman–Crippen MR) is 106 cm³/mol. The number of halogens is 1. The van der Waals surface area contributed by atoms with Crippen LogP contribution in [0, 0.1) is 0 Å². The minimum atomic E-state index is 0.594. The van der Waals surface area contributed by atoms with Gasteiger partial charge in [0, 0.05) is 55.8 Å². The van der Waals surface area contributed by atoms with Crippen molar-refractivity contribution in [1.29, 1.82) is 0 Å². The Labute approximate surface area is 158 Å². The number of hydrogen-bond donors (Lipinski definition) is 2. The number of piperazine rings is 1. The third-order valence-electron chi connectivity index (χ3n) is 4.39. The lowest BCUT2D eigenvalue weighted by Gasteiger charge is -2.27. The van der Waals surface area contributed by atoms with Crippen molar-refractivity contribution in [3.8, 4) is 5.75 Å². The van der Waals surface area contributed by atoms with E-state index < -0.39 is 0 Å². The van der Waals surface area contributed by atoms with Crippen LogP contribution in [0.4, 0.5) is 0 Å². The molecule has 0 atom stereocenters. The normalized spacial score (nSPS) is 15.2. The molecule has 0 aliphatic carbocycles. The third-order valence-corrected chi connectivity index (χ3v) is 4.88. The molecule has 4 nitrogen and oxygen atoms in total. The summed E-state index contributed by atoms with van der Waals surface area (Å²) in [5.41, 5.74) is 2.37. The van der Waals surface area contributed by atoms with E-state index in [1.165, 1.54) is 11.1 Å². The molecule has 3 rings (SSSR count). The van der Waals surface area contributed by atoms with Gasteiger partial charge in [-0.1, -0.05) is 46.3 Å². The lowest BCUT2D eigenvalue weighted by Crippen LogP contribution is -2.45. The molecule has 1 aliphatic heterocycles. The molecule has 1 fully saturated rings. The summed E-state index contributed by atoms with van der Waals surface area (Å²) in [6, 6.07) is 16.5. The van der Waals surface area contributed by atoms with Crippen LogP contribution in [0.1, 0.15) is 11.1 Å². The molecular weight excluding hydrogens is 378 g/mol. The smallest absolute Gasteiger partial charge is 0.124 e. The maximum Gasteiger partial charge on any atom is 0.124 e. The van der Waals surface area contributed by atoms with Crippen molar-refractivity contribution < 1.29 is 4.74 Å². The van der Waals surface area contributed by atoms with Gasteiger partial charge in [-0.05, 0) is 23.8 Å². The molecular formula is C20H26BrN3O. The zero-order valence-electron chi connectivity index (χ0n) is 14.5. The molecule has 0 bridgehead atoms. The van der Waals surface area contributed by atoms with Crippen molar-refractivity contribution in [2.75, 3.05) is 39.3 Å². The van der Waals surface area contributed by atoms with Crippen LogP contribution in [0.5, 0.6) is 5.75 Å². The Hall–Kier alpha value is -1.40. The van der Waals surface area contributed by atoms with Crippen molar-refractivity contribution in [2.24, 2.45) is 0 Å². The van der Waals surface area contributed by atoms with Crippen LogP contribution in [0.2, 0.25) is 0 Å². The number of ether oxygens (including phenoxy) is 1. The minimum Gasteiger partial charge on any atom is -0.489 e. The highest BCUT2D eigenvalue weighted by molar-refractivity contribution is 9.10. The Morgan fingerprint density at radius 1 is 1.08 bits per heavy atom. The summed E-state index contributed by atoms with van der Waals surface area (Å²) in [4.78, 5) is 2.50. The Bertz CT molecular complexity index is 645. The fourth-order valence-corrected chi connectivity index (χ4v) is 3.37. The highest BCUT2D eigenvalue weighted by atomic mass is 79.9. The first-order valence-corrected chi connectivity index (χ1v) is 9.69. The van der Waals surface area contributed by atoms with E-state index in [0.717, 1.165) is 56.0 Å². The maximum absolute atomic E-state index is 6.05. The van der Waals surface area contributed by atoms with E-state index in [-0.39, 0.29) is 0 Å². The van der Waals surface area contributed by atoms with Crippen molar-refractivity contribution in [1.82, 2.24) is 15.5 Å². The monoisotopic (exact) mass is 403 g/mol. The first kappa shape index (κ1) is 18.4. The van der Waals surface area contributed by atoms with E-state index in [1.807, 2.05) is 30.3 Å². The SMILES string of the molecule is Brc1ccc(OCc2ccccc2)c(CNCCN2CCNCC2)c1. The van der Waals surface area contributed by atoms with Gasteiger partial charge in [0.05, 0.1) is 0 Å². The molecule has 2 aromatic carbocycles. The molecule has 0 amide bonds. The lowest BCUT2D eigenvalue weighted by molar-refractivity contribution is 0.240. The van der Waals surface area contributed by atoms with E-state index in [0.29, 0.717) is 6.61 Å². The number of hydrogen-bond acceptors (Lipinski definition) is 4. The van der Waals surface area contributed by atoms with E-state index in [9.17, 15) is 0 Å². The van der Waals surface area contributed by atoms with Crippen molar-refractivity contribution >= 4 is 15.9 Å². The van der Waals surface area contributed by atoms with E-state index in [2.05, 4.69) is 49.7 Å². The lowest BCUT2D eigenvalue weighted by atomic mass is 10.2. The highest BCUT2D eigenvalue weighted by Gasteiger charge is 2.09. The van der Waals surface area contributed by atoms with E-state index in [1.54, 1.807) is 0 Å². The standard InChI is InChI=1S/C20H26BrN3O/c21-19-6-7-20(25-16-17-4-2-1-3-5-17)18(14-19)15-23-10-13-24-11-8-22-9-12-24/h1-7,14,22-23H,8-13,15-16H2. The summed E-state index contributed by atoms with van der Waals surface area (Å²) in [6.07, 6.45) is 0. The molecule has 0 spiro atoms. The van der Waals surface area contributed by atoms with Crippen LogP contribution in [-0.2, 0) is 13.2 Å². The second kappa shape index (κ2) is 9.92. The molecule has 0 aromatic heterocycles. The Balaban J connectivity index is 1.50. The van der Waals surface area contributed by atoms with E-state index >= 15 is 0 Å². The van der Waals surface area contributed by atoms with Gasteiger partial charge in [0.25, 0.3) is 0 Å². The van der Waals surface area contributed by atoms with Gasteiger partial charge >= 0.3 is 0 Å². The molecule has 1 heterocycles. The number of rotatable bonds is 8. The fraction of sp³-hybridized carbons (Fsp3) is 0.400. The van der Waals surface area contributed by atoms with Gasteiger partial charge in [-0.2, -0.15) is 0 Å². The summed E-state index contributed by atoms with van der Waals surface area (Å²) in [7, 11) is 0. The molecule has 25 heavy (non-hydrogen) atoms. The Kier molecular flexibility index (Phi) is 7.30. The van der Waals surface area contributed by atoms with Gasteiger partial charge in [0.15, 0.2) is 0 Å². The number of nitrogens with one attached hydrogen (secondary N) is 2. The zero-order chi connectivity index (χ0) is 17.3. The molecule has 0 radical (unpaired) electrons. The van der Waals surface area contributed by atoms with Gasteiger partial charge in [-0.15, -0.1) is 0 Å². The van der Waals surface area contributed by atoms with Crippen LogP contribution in [0.25, 0.3) is 0 Å². The molecule has 0 saturated carbocycles. The second-order valence-corrected chi connectivity index (χ2v) is 7.21. The first-order valence-electron chi connectivity index (χ1n) is 8.90. The zero-order valence-corrected chi connectivity index (χ0v) is 16.1. The fourth-order valence-electron chi connectivity index (χ4n) is 2.96. The number of benzene rings is 2. The second-order valence-electron chi connectivity index (χ2n) is 6.29.